The molecule has 100 valence electrons. The van der Waals surface area contributed by atoms with Crippen LogP contribution in [0.4, 0.5) is 0 Å². The van der Waals surface area contributed by atoms with Gasteiger partial charge in [0.05, 0.1) is 0 Å². The minimum absolute atomic E-state index is 0.135. The standard InChI is InChI=1S/C16H20N2O/c1-4-7-18-15(5-6-17-18)16(19)11-14-9-12(2)8-13(3)10-14/h5-6,8-10H,4,7,11H2,1-3H3. The van der Waals surface area contributed by atoms with Gasteiger partial charge in [0.25, 0.3) is 0 Å². The molecule has 0 aliphatic carbocycles. The molecule has 1 aromatic carbocycles. The van der Waals surface area contributed by atoms with Crippen molar-refractivity contribution in [3.8, 4) is 0 Å². The van der Waals surface area contributed by atoms with Gasteiger partial charge in [0, 0.05) is 19.2 Å². The molecule has 2 aromatic rings. The SMILES string of the molecule is CCCn1nccc1C(=O)Cc1cc(C)cc(C)c1. The second kappa shape index (κ2) is 5.83. The van der Waals surface area contributed by atoms with Crippen molar-refractivity contribution < 1.29 is 4.79 Å². The highest BCUT2D eigenvalue weighted by Gasteiger charge is 2.12. The predicted octanol–water partition coefficient (Wildman–Crippen LogP) is 3.34. The van der Waals surface area contributed by atoms with Crippen LogP contribution < -0.4 is 0 Å². The number of aryl methyl sites for hydroxylation is 3. The largest absolute Gasteiger partial charge is 0.292 e. The summed E-state index contributed by atoms with van der Waals surface area (Å²) in [6.45, 7) is 6.99. The zero-order chi connectivity index (χ0) is 13.8. The maximum atomic E-state index is 12.3. The first-order valence-corrected chi connectivity index (χ1v) is 6.72. The Balaban J connectivity index is 2.18. The van der Waals surface area contributed by atoms with Crippen molar-refractivity contribution in [3.05, 3.63) is 52.8 Å². The Bertz CT molecular complexity index is 564. The number of ketones is 1. The highest BCUT2D eigenvalue weighted by molar-refractivity contribution is 5.96. The molecule has 0 atom stereocenters. The smallest absolute Gasteiger partial charge is 0.185 e. The Kier molecular flexibility index (Phi) is 4.15. The maximum absolute atomic E-state index is 12.3. The average molecular weight is 256 g/mol. The van der Waals surface area contributed by atoms with Gasteiger partial charge in [0.15, 0.2) is 5.78 Å². The topological polar surface area (TPSA) is 34.9 Å². The van der Waals surface area contributed by atoms with E-state index in [1.165, 1.54) is 11.1 Å². The summed E-state index contributed by atoms with van der Waals surface area (Å²) in [6, 6.07) is 8.08. The summed E-state index contributed by atoms with van der Waals surface area (Å²) in [7, 11) is 0. The van der Waals surface area contributed by atoms with Crippen molar-refractivity contribution in [1.29, 1.82) is 0 Å². The molecule has 0 aliphatic rings. The molecular formula is C16H20N2O. The Morgan fingerprint density at radius 1 is 1.21 bits per heavy atom. The predicted molar refractivity (Wildman–Crippen MR) is 76.5 cm³/mol. The lowest BCUT2D eigenvalue weighted by Crippen LogP contribution is -2.12. The van der Waals surface area contributed by atoms with Gasteiger partial charge in [-0.15, -0.1) is 0 Å². The van der Waals surface area contributed by atoms with E-state index in [0.29, 0.717) is 12.1 Å². The van der Waals surface area contributed by atoms with E-state index in [2.05, 4.69) is 44.1 Å². The monoisotopic (exact) mass is 256 g/mol. The second-order valence-electron chi connectivity index (χ2n) is 5.04. The highest BCUT2D eigenvalue weighted by atomic mass is 16.1. The molecule has 0 aliphatic heterocycles. The van der Waals surface area contributed by atoms with Gasteiger partial charge in [-0.1, -0.05) is 36.2 Å². The van der Waals surface area contributed by atoms with Gasteiger partial charge in [-0.05, 0) is 31.9 Å². The lowest BCUT2D eigenvalue weighted by atomic mass is 10.0. The quantitative estimate of drug-likeness (QED) is 0.769. The van der Waals surface area contributed by atoms with Crippen LogP contribution in [0.5, 0.6) is 0 Å². The minimum Gasteiger partial charge on any atom is -0.292 e. The molecule has 2 rings (SSSR count). The van der Waals surface area contributed by atoms with Crippen molar-refractivity contribution in [2.24, 2.45) is 0 Å². The van der Waals surface area contributed by atoms with Gasteiger partial charge < -0.3 is 0 Å². The average Bonchev–Trinajstić information content (AvgIpc) is 2.76. The number of carbonyl (C=O) groups excluding carboxylic acids is 1. The summed E-state index contributed by atoms with van der Waals surface area (Å²) in [5.41, 5.74) is 4.18. The fourth-order valence-electron chi connectivity index (χ4n) is 2.41. The van der Waals surface area contributed by atoms with Crippen molar-refractivity contribution in [2.75, 3.05) is 0 Å². The van der Waals surface area contributed by atoms with Crippen LogP contribution in [0.1, 0.15) is 40.5 Å². The molecule has 0 N–H and O–H groups in total. The number of benzene rings is 1. The molecule has 1 heterocycles. The molecule has 0 bridgehead atoms. The number of Topliss-reactive ketones (excluding diaryl/α,β-unsaturated/α-hetero) is 1. The summed E-state index contributed by atoms with van der Waals surface area (Å²) < 4.78 is 1.80. The third kappa shape index (κ3) is 3.31. The molecule has 1 aromatic heterocycles. The first-order chi connectivity index (χ1) is 9.10. The van der Waals surface area contributed by atoms with E-state index in [1.54, 1.807) is 16.9 Å². The number of carbonyl (C=O) groups is 1. The van der Waals surface area contributed by atoms with E-state index in [0.717, 1.165) is 18.5 Å². The molecule has 0 unspecified atom stereocenters. The molecule has 3 heteroatoms. The van der Waals surface area contributed by atoms with E-state index in [-0.39, 0.29) is 5.78 Å². The molecule has 0 saturated carbocycles. The van der Waals surface area contributed by atoms with E-state index < -0.39 is 0 Å². The van der Waals surface area contributed by atoms with E-state index in [1.807, 2.05) is 0 Å². The Morgan fingerprint density at radius 3 is 2.53 bits per heavy atom. The van der Waals surface area contributed by atoms with E-state index in [9.17, 15) is 4.79 Å². The Morgan fingerprint density at radius 2 is 1.89 bits per heavy atom. The maximum Gasteiger partial charge on any atom is 0.185 e. The van der Waals surface area contributed by atoms with Crippen LogP contribution in [0, 0.1) is 13.8 Å². The summed E-state index contributed by atoms with van der Waals surface area (Å²) in [6.07, 6.45) is 3.12. The number of hydrogen-bond acceptors (Lipinski definition) is 2. The fraction of sp³-hybridized carbons (Fsp3) is 0.375. The first-order valence-electron chi connectivity index (χ1n) is 6.72. The van der Waals surface area contributed by atoms with Gasteiger partial charge in [-0.3, -0.25) is 9.48 Å². The minimum atomic E-state index is 0.135. The zero-order valence-corrected chi connectivity index (χ0v) is 11.8. The molecule has 0 saturated heterocycles. The molecule has 0 spiro atoms. The summed E-state index contributed by atoms with van der Waals surface area (Å²) in [5.74, 6) is 0.135. The van der Waals surface area contributed by atoms with Gasteiger partial charge >= 0.3 is 0 Å². The summed E-state index contributed by atoms with van der Waals surface area (Å²) in [4.78, 5) is 12.3. The molecule has 19 heavy (non-hydrogen) atoms. The Labute approximate surface area is 114 Å². The van der Waals surface area contributed by atoms with Crippen molar-refractivity contribution in [1.82, 2.24) is 9.78 Å². The van der Waals surface area contributed by atoms with Crippen molar-refractivity contribution in [2.45, 2.75) is 40.2 Å². The summed E-state index contributed by atoms with van der Waals surface area (Å²) >= 11 is 0. The van der Waals surface area contributed by atoms with E-state index >= 15 is 0 Å². The lowest BCUT2D eigenvalue weighted by molar-refractivity contribution is 0.0982. The van der Waals surface area contributed by atoms with Gasteiger partial charge in [-0.25, -0.2) is 0 Å². The van der Waals surface area contributed by atoms with Crippen LogP contribution in [-0.2, 0) is 13.0 Å². The molecule has 0 amide bonds. The van der Waals surface area contributed by atoms with Crippen LogP contribution in [0.15, 0.2) is 30.5 Å². The molecule has 3 nitrogen and oxygen atoms in total. The third-order valence-electron chi connectivity index (χ3n) is 3.08. The van der Waals surface area contributed by atoms with Crippen LogP contribution in [0.25, 0.3) is 0 Å². The highest BCUT2D eigenvalue weighted by Crippen LogP contribution is 2.12. The number of hydrogen-bond donors (Lipinski definition) is 0. The van der Waals surface area contributed by atoms with Crippen LogP contribution in [-0.4, -0.2) is 15.6 Å². The van der Waals surface area contributed by atoms with Gasteiger partial charge in [-0.2, -0.15) is 5.10 Å². The van der Waals surface area contributed by atoms with Crippen molar-refractivity contribution >= 4 is 5.78 Å². The van der Waals surface area contributed by atoms with Crippen LogP contribution in [0.2, 0.25) is 0 Å². The second-order valence-corrected chi connectivity index (χ2v) is 5.04. The number of nitrogens with zero attached hydrogens (tertiary/aromatic N) is 2. The number of aromatic nitrogens is 2. The fourth-order valence-corrected chi connectivity index (χ4v) is 2.41. The third-order valence-corrected chi connectivity index (χ3v) is 3.08. The van der Waals surface area contributed by atoms with Gasteiger partial charge in [0.1, 0.15) is 5.69 Å². The normalized spacial score (nSPS) is 10.7. The van der Waals surface area contributed by atoms with Crippen molar-refractivity contribution in [3.63, 3.8) is 0 Å². The Hall–Kier alpha value is -1.90. The van der Waals surface area contributed by atoms with Crippen LogP contribution in [0.3, 0.4) is 0 Å². The van der Waals surface area contributed by atoms with Gasteiger partial charge in [0.2, 0.25) is 0 Å². The first kappa shape index (κ1) is 13.5. The van der Waals surface area contributed by atoms with E-state index in [4.69, 9.17) is 0 Å². The zero-order valence-electron chi connectivity index (χ0n) is 11.8. The van der Waals surface area contributed by atoms with Crippen LogP contribution >= 0.6 is 0 Å². The molecular weight excluding hydrogens is 236 g/mol. The summed E-state index contributed by atoms with van der Waals surface area (Å²) in [5, 5.41) is 4.20. The molecule has 0 fully saturated rings. The molecule has 0 radical (unpaired) electrons. The lowest BCUT2D eigenvalue weighted by Gasteiger charge is -2.07. The number of rotatable bonds is 5.